The fourth-order valence-corrected chi connectivity index (χ4v) is 7.29. The van der Waals surface area contributed by atoms with E-state index in [-0.39, 0.29) is 7.43 Å². The summed E-state index contributed by atoms with van der Waals surface area (Å²) in [5.74, 6) is 4.41. The Kier molecular flexibility index (Phi) is 3.75. The quantitative estimate of drug-likeness (QED) is 0.477. The van der Waals surface area contributed by atoms with Gasteiger partial charge in [-0.15, -0.1) is 0 Å². The van der Waals surface area contributed by atoms with Crippen LogP contribution in [0.5, 0.6) is 0 Å². The van der Waals surface area contributed by atoms with E-state index >= 15 is 0 Å². The average Bonchev–Trinajstić information content (AvgIpc) is 2.79. The number of fused-ring (bicyclic) bond motifs is 5. The maximum atomic E-state index is 2.70. The Morgan fingerprint density at radius 3 is 2.40 bits per heavy atom. The van der Waals surface area contributed by atoms with Crippen LogP contribution >= 0.6 is 0 Å². The van der Waals surface area contributed by atoms with Crippen molar-refractivity contribution in [3.05, 3.63) is 0 Å². The zero-order valence-corrected chi connectivity index (χ0v) is 13.1. The normalized spacial score (nSPS) is 54.3. The summed E-state index contributed by atoms with van der Waals surface area (Å²) in [5.41, 5.74) is 1.49. The molecule has 0 aromatic rings. The molecule has 0 spiro atoms. The molecule has 4 rings (SSSR count). The van der Waals surface area contributed by atoms with Crippen molar-refractivity contribution in [1.29, 1.82) is 0 Å². The van der Waals surface area contributed by atoms with Gasteiger partial charge in [-0.2, -0.15) is 0 Å². The minimum absolute atomic E-state index is 0. The van der Waals surface area contributed by atoms with E-state index in [1.807, 2.05) is 0 Å². The first kappa shape index (κ1) is 14.9. The smallest absolute Gasteiger partial charge is 0.0266 e. The van der Waals surface area contributed by atoms with E-state index in [4.69, 9.17) is 0 Å². The molecular formula is C20H36. The summed E-state index contributed by atoms with van der Waals surface area (Å²) >= 11 is 0. The molecule has 4 aliphatic carbocycles. The van der Waals surface area contributed by atoms with Crippen LogP contribution in [0.4, 0.5) is 0 Å². The van der Waals surface area contributed by atoms with Gasteiger partial charge >= 0.3 is 0 Å². The molecule has 0 nitrogen and oxygen atoms in total. The molecule has 0 aliphatic heterocycles. The van der Waals surface area contributed by atoms with Crippen molar-refractivity contribution in [1.82, 2.24) is 0 Å². The molecule has 0 heterocycles. The molecule has 0 radical (unpaired) electrons. The zero-order valence-electron chi connectivity index (χ0n) is 13.1. The van der Waals surface area contributed by atoms with Crippen LogP contribution in [0, 0.1) is 34.5 Å². The van der Waals surface area contributed by atoms with Gasteiger partial charge in [0, 0.05) is 0 Å². The van der Waals surface area contributed by atoms with Crippen LogP contribution in [0.15, 0.2) is 0 Å². The summed E-state index contributed by atoms with van der Waals surface area (Å²) in [5, 5.41) is 0. The maximum absolute atomic E-state index is 2.70. The van der Waals surface area contributed by atoms with E-state index in [0.29, 0.717) is 0 Å². The molecular weight excluding hydrogens is 240 g/mol. The molecule has 4 aliphatic rings. The van der Waals surface area contributed by atoms with Crippen LogP contribution < -0.4 is 0 Å². The van der Waals surface area contributed by atoms with E-state index in [9.17, 15) is 0 Å². The lowest BCUT2D eigenvalue weighted by molar-refractivity contribution is -0.103. The van der Waals surface area contributed by atoms with Crippen molar-refractivity contribution in [2.45, 2.75) is 91.9 Å². The number of hydrogen-bond acceptors (Lipinski definition) is 0. The van der Waals surface area contributed by atoms with E-state index in [1.165, 1.54) is 19.3 Å². The van der Waals surface area contributed by atoms with Gasteiger partial charge in [-0.05, 0) is 85.9 Å². The first-order valence-electron chi connectivity index (χ1n) is 9.13. The van der Waals surface area contributed by atoms with Crippen LogP contribution in [-0.4, -0.2) is 0 Å². The Morgan fingerprint density at radius 1 is 0.700 bits per heavy atom. The van der Waals surface area contributed by atoms with Crippen LogP contribution in [0.2, 0.25) is 0 Å². The molecule has 116 valence electrons. The molecule has 0 aromatic carbocycles. The van der Waals surface area contributed by atoms with Gasteiger partial charge in [0.05, 0.1) is 0 Å². The first-order chi connectivity index (χ1) is 9.13. The molecule has 0 bridgehead atoms. The summed E-state index contributed by atoms with van der Waals surface area (Å²) < 4.78 is 0. The first-order valence-corrected chi connectivity index (χ1v) is 9.13. The molecule has 6 atom stereocenters. The lowest BCUT2D eigenvalue weighted by Crippen LogP contribution is -2.51. The molecule has 4 saturated carbocycles. The largest absolute Gasteiger partial charge is 0.0776 e. The Labute approximate surface area is 127 Å². The molecule has 0 amide bonds. The van der Waals surface area contributed by atoms with E-state index in [0.717, 1.165) is 34.5 Å². The molecule has 0 aromatic heterocycles. The van der Waals surface area contributed by atoms with Gasteiger partial charge in [-0.25, -0.2) is 0 Å². The second-order valence-corrected chi connectivity index (χ2v) is 8.99. The fraction of sp³-hybridized carbons (Fsp3) is 1.00. The Morgan fingerprint density at radius 2 is 1.55 bits per heavy atom. The molecule has 0 unspecified atom stereocenters. The molecule has 0 N–H and O–H groups in total. The van der Waals surface area contributed by atoms with Crippen LogP contribution in [0.25, 0.3) is 0 Å². The highest BCUT2D eigenvalue weighted by Gasteiger charge is 2.56. The summed E-state index contributed by atoms with van der Waals surface area (Å²) in [6, 6.07) is 0. The monoisotopic (exact) mass is 276 g/mol. The SMILES string of the molecule is C.C[C@@]12CCC[C@H]1[C@@H]1CC[C@H]3CCCC[C@]3(C)[C@H]1CC2. The predicted molar refractivity (Wildman–Crippen MR) is 87.7 cm³/mol. The van der Waals surface area contributed by atoms with Gasteiger partial charge in [0.1, 0.15) is 0 Å². The van der Waals surface area contributed by atoms with Gasteiger partial charge in [0.15, 0.2) is 0 Å². The summed E-state index contributed by atoms with van der Waals surface area (Å²) in [7, 11) is 0. The average molecular weight is 277 g/mol. The van der Waals surface area contributed by atoms with Gasteiger partial charge < -0.3 is 0 Å². The fourth-order valence-electron chi connectivity index (χ4n) is 7.29. The van der Waals surface area contributed by atoms with E-state index in [2.05, 4.69) is 13.8 Å². The minimum atomic E-state index is 0. The van der Waals surface area contributed by atoms with Gasteiger partial charge in [-0.3, -0.25) is 0 Å². The van der Waals surface area contributed by atoms with E-state index in [1.54, 1.807) is 51.4 Å². The van der Waals surface area contributed by atoms with Crippen molar-refractivity contribution in [2.24, 2.45) is 34.5 Å². The third kappa shape index (κ3) is 1.92. The van der Waals surface area contributed by atoms with Crippen molar-refractivity contribution < 1.29 is 0 Å². The minimum Gasteiger partial charge on any atom is -0.0776 e. The second-order valence-electron chi connectivity index (χ2n) is 8.99. The van der Waals surface area contributed by atoms with Crippen molar-refractivity contribution in [2.75, 3.05) is 0 Å². The van der Waals surface area contributed by atoms with Crippen molar-refractivity contribution >= 4 is 0 Å². The summed E-state index contributed by atoms with van der Waals surface area (Å²) in [6.45, 7) is 5.33. The Bertz CT molecular complexity index is 359. The Hall–Kier alpha value is 0. The maximum Gasteiger partial charge on any atom is -0.0266 e. The zero-order chi connectivity index (χ0) is 13.1. The molecule has 0 heteroatoms. The van der Waals surface area contributed by atoms with Crippen LogP contribution in [-0.2, 0) is 0 Å². The Balaban J connectivity index is 0.00000121. The third-order valence-electron chi connectivity index (χ3n) is 8.36. The second kappa shape index (κ2) is 5.03. The van der Waals surface area contributed by atoms with Gasteiger partial charge in [-0.1, -0.05) is 40.5 Å². The summed E-state index contributed by atoms with van der Waals surface area (Å²) in [4.78, 5) is 0. The number of rotatable bonds is 0. The van der Waals surface area contributed by atoms with E-state index < -0.39 is 0 Å². The van der Waals surface area contributed by atoms with Crippen LogP contribution in [0.1, 0.15) is 91.9 Å². The van der Waals surface area contributed by atoms with Crippen LogP contribution in [0.3, 0.4) is 0 Å². The standard InChI is InChI=1S/C19H32.CH4/c1-18-11-5-7-16(18)15-9-8-14-6-3-4-12-19(14,2)17(15)10-13-18;/h14-17H,3-13H2,1-2H3;1H4/t14-,15+,16+,17+,18+,19+;/m1./s1. The summed E-state index contributed by atoms with van der Waals surface area (Å²) in [6.07, 6.45) is 17.1. The van der Waals surface area contributed by atoms with Gasteiger partial charge in [0.2, 0.25) is 0 Å². The highest BCUT2D eigenvalue weighted by atomic mass is 14.6. The van der Waals surface area contributed by atoms with Crippen molar-refractivity contribution in [3.8, 4) is 0 Å². The lowest BCUT2D eigenvalue weighted by Gasteiger charge is -2.60. The van der Waals surface area contributed by atoms with Crippen molar-refractivity contribution in [3.63, 3.8) is 0 Å². The molecule has 4 fully saturated rings. The topological polar surface area (TPSA) is 0 Å². The molecule has 0 saturated heterocycles. The molecule has 20 heavy (non-hydrogen) atoms. The highest BCUT2D eigenvalue weighted by molar-refractivity contribution is 5.06. The predicted octanol–water partition coefficient (Wildman–Crippen LogP) is 6.45. The van der Waals surface area contributed by atoms with Gasteiger partial charge in [0.25, 0.3) is 0 Å². The third-order valence-corrected chi connectivity index (χ3v) is 8.36. The lowest BCUT2D eigenvalue weighted by atomic mass is 9.45. The highest BCUT2D eigenvalue weighted by Crippen LogP contribution is 2.66. The number of hydrogen-bond donors (Lipinski definition) is 0.